The minimum Gasteiger partial charge on any atom is -0.393 e. The van der Waals surface area contributed by atoms with E-state index in [1.165, 1.54) is 0 Å². The number of hydrogen-bond donors (Lipinski definition) is 2. The summed E-state index contributed by atoms with van der Waals surface area (Å²) in [5.74, 6) is 0.583. The zero-order valence-corrected chi connectivity index (χ0v) is 21.8. The number of nitriles is 1. The highest BCUT2D eigenvalue weighted by Gasteiger charge is 2.22. The predicted molar refractivity (Wildman–Crippen MR) is 147 cm³/mol. The Kier molecular flexibility index (Phi) is 6.83. The molecule has 1 aromatic carbocycles. The molecule has 2 aliphatic rings. The summed E-state index contributed by atoms with van der Waals surface area (Å²) in [6.07, 6.45) is 15.1. The summed E-state index contributed by atoms with van der Waals surface area (Å²) in [6, 6.07) is 8.95. The van der Waals surface area contributed by atoms with Crippen molar-refractivity contribution in [1.29, 1.82) is 5.26 Å². The topological polar surface area (TPSA) is 108 Å². The highest BCUT2D eigenvalue weighted by Crippen LogP contribution is 2.30. The molecule has 3 aromatic heterocycles. The lowest BCUT2D eigenvalue weighted by atomic mass is 9.92. The van der Waals surface area contributed by atoms with Crippen molar-refractivity contribution in [3.05, 3.63) is 54.7 Å². The second kappa shape index (κ2) is 10.6. The molecule has 9 heteroatoms. The molecular weight excluding hydrogens is 476 g/mol. The molecule has 0 unspecified atom stereocenters. The van der Waals surface area contributed by atoms with E-state index in [1.54, 1.807) is 0 Å². The van der Waals surface area contributed by atoms with Crippen LogP contribution in [0.3, 0.4) is 0 Å². The van der Waals surface area contributed by atoms with E-state index < -0.39 is 0 Å². The Labute approximate surface area is 222 Å². The number of likely N-dealkylation sites (tertiary alicyclic amines) is 1. The molecule has 0 radical (unpaired) electrons. The van der Waals surface area contributed by atoms with Gasteiger partial charge in [-0.3, -0.25) is 9.25 Å². The molecule has 2 fully saturated rings. The molecule has 0 amide bonds. The lowest BCUT2D eigenvalue weighted by Gasteiger charge is -2.31. The fourth-order valence-electron chi connectivity index (χ4n) is 5.79. The van der Waals surface area contributed by atoms with E-state index in [0.29, 0.717) is 17.6 Å². The van der Waals surface area contributed by atoms with Crippen LogP contribution < -0.4 is 5.32 Å². The van der Waals surface area contributed by atoms with Gasteiger partial charge in [0.25, 0.3) is 0 Å². The Morgan fingerprint density at radius 3 is 2.50 bits per heavy atom. The van der Waals surface area contributed by atoms with Crippen molar-refractivity contribution in [2.45, 2.75) is 63.6 Å². The van der Waals surface area contributed by atoms with Crippen LogP contribution in [0, 0.1) is 11.3 Å². The van der Waals surface area contributed by atoms with Gasteiger partial charge in [0, 0.05) is 60.4 Å². The van der Waals surface area contributed by atoms with Crippen LogP contribution in [0.1, 0.15) is 57.1 Å². The maximum Gasteiger partial charge on any atom is 0.234 e. The Balaban J connectivity index is 1.22. The smallest absolute Gasteiger partial charge is 0.234 e. The number of anilines is 1. The van der Waals surface area contributed by atoms with Gasteiger partial charge in [-0.2, -0.15) is 10.4 Å². The second-order valence-electron chi connectivity index (χ2n) is 10.6. The van der Waals surface area contributed by atoms with Gasteiger partial charge in [-0.25, -0.2) is 9.97 Å². The molecule has 6 rings (SSSR count). The molecule has 1 aliphatic heterocycles. The SMILES string of the molecule is CCN1CCC(n2cc(-c3cnc(-n4ccc5cc(C#N)c(NC6CCC(O)CC6)cc54)nc3)cn2)CC1. The zero-order chi connectivity index (χ0) is 26.1. The first-order chi connectivity index (χ1) is 18.6. The molecule has 1 saturated carbocycles. The quantitative estimate of drug-likeness (QED) is 0.392. The van der Waals surface area contributed by atoms with Crippen LogP contribution in [-0.4, -0.2) is 66.1 Å². The van der Waals surface area contributed by atoms with E-state index in [9.17, 15) is 10.4 Å². The lowest BCUT2D eigenvalue weighted by molar-refractivity contribution is 0.126. The van der Waals surface area contributed by atoms with Crippen LogP contribution in [0.15, 0.2) is 49.2 Å². The molecular formula is C29H34N8O. The van der Waals surface area contributed by atoms with Gasteiger partial charge in [0.2, 0.25) is 5.95 Å². The van der Waals surface area contributed by atoms with Crippen molar-refractivity contribution >= 4 is 16.6 Å². The van der Waals surface area contributed by atoms with Crippen LogP contribution >= 0.6 is 0 Å². The van der Waals surface area contributed by atoms with E-state index in [4.69, 9.17) is 0 Å². The van der Waals surface area contributed by atoms with Crippen LogP contribution in [0.4, 0.5) is 5.69 Å². The molecule has 196 valence electrons. The van der Waals surface area contributed by atoms with E-state index in [-0.39, 0.29) is 12.1 Å². The summed E-state index contributed by atoms with van der Waals surface area (Å²) in [6.45, 7) is 5.57. The number of rotatable bonds is 6. The molecule has 0 spiro atoms. The third-order valence-corrected chi connectivity index (χ3v) is 8.17. The number of nitrogens with one attached hydrogen (secondary N) is 1. The first-order valence-corrected chi connectivity index (χ1v) is 13.7. The molecule has 4 heterocycles. The van der Waals surface area contributed by atoms with Crippen molar-refractivity contribution in [2.24, 2.45) is 0 Å². The maximum atomic E-state index is 9.84. The first kappa shape index (κ1) is 24.6. The molecule has 2 N–H and O–H groups in total. The summed E-state index contributed by atoms with van der Waals surface area (Å²) in [5.41, 5.74) is 4.34. The third kappa shape index (κ3) is 4.89. The van der Waals surface area contributed by atoms with Crippen molar-refractivity contribution < 1.29 is 5.11 Å². The number of aliphatic hydroxyl groups excluding tert-OH is 1. The Hall–Kier alpha value is -3.74. The summed E-state index contributed by atoms with van der Waals surface area (Å²) in [7, 11) is 0. The Morgan fingerprint density at radius 2 is 1.79 bits per heavy atom. The zero-order valence-electron chi connectivity index (χ0n) is 21.8. The first-order valence-electron chi connectivity index (χ1n) is 13.7. The van der Waals surface area contributed by atoms with E-state index in [2.05, 4.69) is 49.2 Å². The summed E-state index contributed by atoms with van der Waals surface area (Å²) in [5, 5.41) is 28.7. The average molecular weight is 511 g/mol. The normalized spacial score (nSPS) is 21.0. The Morgan fingerprint density at radius 1 is 1.03 bits per heavy atom. The van der Waals surface area contributed by atoms with Crippen molar-refractivity contribution in [1.82, 2.24) is 29.2 Å². The van der Waals surface area contributed by atoms with Gasteiger partial charge in [0.1, 0.15) is 6.07 Å². The van der Waals surface area contributed by atoms with E-state index in [1.807, 2.05) is 47.6 Å². The number of benzene rings is 1. The number of piperidine rings is 1. The minimum atomic E-state index is -0.211. The molecule has 0 bridgehead atoms. The standard InChI is InChI=1S/C29H34N8O/c1-2-35-10-8-25(9-11-35)37-19-23(18-33-37)22-16-31-29(32-17-22)36-12-7-20-13-21(15-30)27(14-28(20)36)34-24-3-5-26(38)6-4-24/h7,12-14,16-19,24-26,34,38H,2-6,8-11H2,1H3. The van der Waals surface area contributed by atoms with Gasteiger partial charge < -0.3 is 15.3 Å². The molecule has 0 atom stereocenters. The van der Waals surface area contributed by atoms with Crippen molar-refractivity contribution in [2.75, 3.05) is 25.0 Å². The number of aromatic nitrogens is 5. The largest absolute Gasteiger partial charge is 0.393 e. The second-order valence-corrected chi connectivity index (χ2v) is 10.6. The van der Waals surface area contributed by atoms with Gasteiger partial charge in [0.15, 0.2) is 0 Å². The maximum absolute atomic E-state index is 9.84. The Bertz CT molecular complexity index is 1430. The number of nitrogens with zero attached hydrogens (tertiary/aromatic N) is 7. The van der Waals surface area contributed by atoms with Crippen molar-refractivity contribution in [3.63, 3.8) is 0 Å². The number of hydrogen-bond acceptors (Lipinski definition) is 7. The summed E-state index contributed by atoms with van der Waals surface area (Å²) < 4.78 is 4.06. The fraction of sp³-hybridized carbons (Fsp3) is 0.448. The highest BCUT2D eigenvalue weighted by atomic mass is 16.3. The predicted octanol–water partition coefficient (Wildman–Crippen LogP) is 4.53. The van der Waals surface area contributed by atoms with Gasteiger partial charge in [-0.1, -0.05) is 6.92 Å². The summed E-state index contributed by atoms with van der Waals surface area (Å²) in [4.78, 5) is 11.8. The van der Waals surface area contributed by atoms with Gasteiger partial charge in [-0.15, -0.1) is 0 Å². The molecule has 9 nitrogen and oxygen atoms in total. The van der Waals surface area contributed by atoms with E-state index >= 15 is 0 Å². The highest BCUT2D eigenvalue weighted by molar-refractivity contribution is 5.87. The van der Waals surface area contributed by atoms with Gasteiger partial charge in [-0.05, 0) is 63.3 Å². The number of aliphatic hydroxyl groups is 1. The summed E-state index contributed by atoms with van der Waals surface area (Å²) >= 11 is 0. The molecule has 4 aromatic rings. The molecule has 1 aliphatic carbocycles. The number of fused-ring (bicyclic) bond motifs is 1. The van der Waals surface area contributed by atoms with Crippen molar-refractivity contribution in [3.8, 4) is 23.1 Å². The van der Waals surface area contributed by atoms with Crippen LogP contribution in [0.5, 0.6) is 0 Å². The van der Waals surface area contributed by atoms with Crippen LogP contribution in [-0.2, 0) is 0 Å². The van der Waals surface area contributed by atoms with Crippen LogP contribution in [0.2, 0.25) is 0 Å². The van der Waals surface area contributed by atoms with E-state index in [0.717, 1.165) is 85.9 Å². The average Bonchev–Trinajstić information content (AvgIpc) is 3.62. The molecule has 1 saturated heterocycles. The monoisotopic (exact) mass is 510 g/mol. The molecule has 38 heavy (non-hydrogen) atoms. The fourth-order valence-corrected chi connectivity index (χ4v) is 5.79. The van der Waals surface area contributed by atoms with Gasteiger partial charge >= 0.3 is 0 Å². The third-order valence-electron chi connectivity index (χ3n) is 8.17. The minimum absolute atomic E-state index is 0.211. The lowest BCUT2D eigenvalue weighted by Crippen LogP contribution is -2.34. The van der Waals surface area contributed by atoms with Crippen LogP contribution in [0.25, 0.3) is 28.0 Å². The van der Waals surface area contributed by atoms with Gasteiger partial charge in [0.05, 0.1) is 35.1 Å².